The van der Waals surface area contributed by atoms with Crippen molar-refractivity contribution in [3.8, 4) is 6.07 Å². The Morgan fingerprint density at radius 2 is 2.11 bits per heavy atom. The largest absolute Gasteiger partial charge is 0.361 e. The molecule has 0 aliphatic carbocycles. The molecule has 0 radical (unpaired) electrons. The Balaban J connectivity index is 3.07. The molecule has 1 aromatic carbocycles. The lowest BCUT2D eigenvalue weighted by Gasteiger charge is -2.25. The highest BCUT2D eigenvalue weighted by Gasteiger charge is 2.16. The van der Waals surface area contributed by atoms with Gasteiger partial charge in [0.05, 0.1) is 12.2 Å². The van der Waals surface area contributed by atoms with Crippen molar-refractivity contribution in [1.29, 1.82) is 5.26 Å². The first-order chi connectivity index (χ1) is 8.51. The van der Waals surface area contributed by atoms with Crippen LogP contribution in [0, 0.1) is 17.1 Å². The van der Waals surface area contributed by atoms with Crippen LogP contribution < -0.4 is 4.90 Å². The summed E-state index contributed by atoms with van der Waals surface area (Å²) in [4.78, 5) is 14.8. The van der Waals surface area contributed by atoms with Gasteiger partial charge in [0.2, 0.25) is 5.91 Å². The van der Waals surface area contributed by atoms with Crippen LogP contribution in [-0.2, 0) is 4.79 Å². The van der Waals surface area contributed by atoms with Gasteiger partial charge in [0.1, 0.15) is 17.4 Å². The van der Waals surface area contributed by atoms with Crippen LogP contribution in [0.5, 0.6) is 0 Å². The Hall–Kier alpha value is -2.09. The minimum Gasteiger partial charge on any atom is -0.361 e. The van der Waals surface area contributed by atoms with Crippen LogP contribution in [0.15, 0.2) is 18.2 Å². The van der Waals surface area contributed by atoms with E-state index in [0.29, 0.717) is 12.2 Å². The molecule has 0 aliphatic heterocycles. The second-order valence-electron chi connectivity index (χ2n) is 4.05. The molecule has 0 heterocycles. The number of benzene rings is 1. The number of hydrogen-bond donors (Lipinski definition) is 0. The van der Waals surface area contributed by atoms with Crippen LogP contribution in [0.1, 0.15) is 12.5 Å². The fourth-order valence-corrected chi connectivity index (χ4v) is 1.56. The van der Waals surface area contributed by atoms with Gasteiger partial charge in [-0.25, -0.2) is 4.39 Å². The SMILES string of the molecule is CCN(CC(=O)N(C)C)c1cccc(F)c1C#N. The summed E-state index contributed by atoms with van der Waals surface area (Å²) < 4.78 is 13.5. The molecule has 5 heteroatoms. The quantitative estimate of drug-likeness (QED) is 0.814. The Morgan fingerprint density at radius 1 is 1.44 bits per heavy atom. The minimum atomic E-state index is -0.564. The average molecular weight is 249 g/mol. The van der Waals surface area contributed by atoms with Gasteiger partial charge < -0.3 is 9.80 Å². The maximum atomic E-state index is 13.5. The first-order valence-electron chi connectivity index (χ1n) is 5.65. The second kappa shape index (κ2) is 6.01. The molecule has 0 unspecified atom stereocenters. The van der Waals surface area contributed by atoms with Crippen LogP contribution >= 0.6 is 0 Å². The predicted octanol–water partition coefficient (Wildman–Crippen LogP) is 1.61. The summed E-state index contributed by atoms with van der Waals surface area (Å²) in [6.07, 6.45) is 0. The number of carbonyl (C=O) groups is 1. The van der Waals surface area contributed by atoms with Crippen molar-refractivity contribution in [1.82, 2.24) is 4.90 Å². The molecule has 1 amide bonds. The number of amides is 1. The Bertz CT molecular complexity index is 480. The molecule has 0 bridgehead atoms. The molecule has 0 atom stereocenters. The molecule has 0 saturated heterocycles. The van der Waals surface area contributed by atoms with E-state index in [0.717, 1.165) is 0 Å². The zero-order chi connectivity index (χ0) is 13.7. The van der Waals surface area contributed by atoms with Crippen molar-refractivity contribution >= 4 is 11.6 Å². The van der Waals surface area contributed by atoms with Crippen LogP contribution in [0.3, 0.4) is 0 Å². The van der Waals surface area contributed by atoms with Gasteiger partial charge in [-0.05, 0) is 19.1 Å². The summed E-state index contributed by atoms with van der Waals surface area (Å²) in [5.41, 5.74) is 0.432. The van der Waals surface area contributed by atoms with E-state index in [-0.39, 0.29) is 18.0 Å². The predicted molar refractivity (Wildman–Crippen MR) is 67.7 cm³/mol. The molecular formula is C13H16FN3O. The first-order valence-corrected chi connectivity index (χ1v) is 5.65. The highest BCUT2D eigenvalue weighted by atomic mass is 19.1. The zero-order valence-electron chi connectivity index (χ0n) is 10.8. The summed E-state index contributed by atoms with van der Waals surface area (Å²) in [5, 5.41) is 8.97. The third kappa shape index (κ3) is 2.98. The van der Waals surface area contributed by atoms with E-state index in [4.69, 9.17) is 5.26 Å². The van der Waals surface area contributed by atoms with Crippen molar-refractivity contribution in [2.45, 2.75) is 6.92 Å². The molecule has 0 N–H and O–H groups in total. The van der Waals surface area contributed by atoms with Crippen LogP contribution in [0.2, 0.25) is 0 Å². The number of hydrogen-bond acceptors (Lipinski definition) is 3. The molecule has 0 aromatic heterocycles. The fraction of sp³-hybridized carbons (Fsp3) is 0.385. The normalized spacial score (nSPS) is 9.72. The topological polar surface area (TPSA) is 47.3 Å². The van der Waals surface area contributed by atoms with E-state index >= 15 is 0 Å². The molecule has 1 aromatic rings. The van der Waals surface area contributed by atoms with Crippen molar-refractivity contribution in [2.75, 3.05) is 32.1 Å². The van der Waals surface area contributed by atoms with E-state index < -0.39 is 5.82 Å². The third-order valence-corrected chi connectivity index (χ3v) is 2.65. The monoisotopic (exact) mass is 249 g/mol. The molecule has 96 valence electrons. The highest BCUT2D eigenvalue weighted by molar-refractivity contribution is 5.81. The van der Waals surface area contributed by atoms with Crippen molar-refractivity contribution in [2.24, 2.45) is 0 Å². The highest BCUT2D eigenvalue weighted by Crippen LogP contribution is 2.22. The number of rotatable bonds is 4. The molecule has 0 aliphatic rings. The van der Waals surface area contributed by atoms with Crippen LogP contribution in [0.25, 0.3) is 0 Å². The zero-order valence-corrected chi connectivity index (χ0v) is 10.8. The van der Waals surface area contributed by atoms with Gasteiger partial charge in [0.15, 0.2) is 0 Å². The number of anilines is 1. The number of halogens is 1. The van der Waals surface area contributed by atoms with Crippen LogP contribution in [-0.4, -0.2) is 38.0 Å². The van der Waals surface area contributed by atoms with Crippen molar-refractivity contribution < 1.29 is 9.18 Å². The van der Waals surface area contributed by atoms with E-state index in [1.54, 1.807) is 25.1 Å². The number of nitriles is 1. The maximum Gasteiger partial charge on any atom is 0.241 e. The lowest BCUT2D eigenvalue weighted by atomic mass is 10.1. The summed E-state index contributed by atoms with van der Waals surface area (Å²) in [7, 11) is 3.32. The van der Waals surface area contributed by atoms with Gasteiger partial charge in [-0.3, -0.25) is 4.79 Å². The molecule has 0 saturated carbocycles. The lowest BCUT2D eigenvalue weighted by molar-refractivity contribution is -0.127. The summed E-state index contributed by atoms with van der Waals surface area (Å²) in [5.74, 6) is -0.657. The Labute approximate surface area is 106 Å². The number of carbonyl (C=O) groups excluding carboxylic acids is 1. The van der Waals surface area contributed by atoms with Gasteiger partial charge in [-0.2, -0.15) is 5.26 Å². The molecule has 0 spiro atoms. The molecule has 1 rings (SSSR count). The minimum absolute atomic E-state index is 0.0223. The summed E-state index contributed by atoms with van der Waals surface area (Å²) >= 11 is 0. The van der Waals surface area contributed by atoms with Crippen molar-refractivity contribution in [3.63, 3.8) is 0 Å². The van der Waals surface area contributed by atoms with Gasteiger partial charge in [0.25, 0.3) is 0 Å². The average Bonchev–Trinajstić information content (AvgIpc) is 2.35. The molecule has 4 nitrogen and oxygen atoms in total. The second-order valence-corrected chi connectivity index (χ2v) is 4.05. The van der Waals surface area contributed by atoms with E-state index in [2.05, 4.69) is 0 Å². The van der Waals surface area contributed by atoms with Gasteiger partial charge >= 0.3 is 0 Å². The first kappa shape index (κ1) is 14.0. The lowest BCUT2D eigenvalue weighted by Crippen LogP contribution is -2.37. The Kier molecular flexibility index (Phi) is 4.67. The van der Waals surface area contributed by atoms with Crippen LogP contribution in [0.4, 0.5) is 10.1 Å². The summed E-state index contributed by atoms with van der Waals surface area (Å²) in [6.45, 7) is 2.51. The van der Waals surface area contributed by atoms with Crippen molar-refractivity contribution in [3.05, 3.63) is 29.6 Å². The van der Waals surface area contributed by atoms with Gasteiger partial charge in [-0.1, -0.05) is 6.07 Å². The third-order valence-electron chi connectivity index (χ3n) is 2.65. The van der Waals surface area contributed by atoms with E-state index in [1.807, 2.05) is 13.0 Å². The van der Waals surface area contributed by atoms with E-state index in [1.165, 1.54) is 17.0 Å². The molecule has 18 heavy (non-hydrogen) atoms. The molecular weight excluding hydrogens is 233 g/mol. The van der Waals surface area contributed by atoms with Gasteiger partial charge in [0, 0.05) is 20.6 Å². The number of likely N-dealkylation sites (N-methyl/N-ethyl adjacent to an activating group) is 2. The Morgan fingerprint density at radius 3 is 2.61 bits per heavy atom. The summed E-state index contributed by atoms with van der Waals surface area (Å²) in [6, 6.07) is 6.26. The van der Waals surface area contributed by atoms with E-state index in [9.17, 15) is 9.18 Å². The number of nitrogens with zero attached hydrogens (tertiary/aromatic N) is 3. The fourth-order valence-electron chi connectivity index (χ4n) is 1.56. The standard InChI is InChI=1S/C13H16FN3O/c1-4-17(9-13(18)16(2)3)12-7-5-6-11(14)10(12)8-15/h5-7H,4,9H2,1-3H3. The molecule has 0 fully saturated rings. The smallest absolute Gasteiger partial charge is 0.241 e. The maximum absolute atomic E-state index is 13.5. The van der Waals surface area contributed by atoms with Gasteiger partial charge in [-0.15, -0.1) is 0 Å².